The quantitative estimate of drug-likeness (QED) is 0.162. The number of hydrogen-bond donors (Lipinski definition) is 0. The summed E-state index contributed by atoms with van der Waals surface area (Å²) in [6.07, 6.45) is 0. The lowest BCUT2D eigenvalue weighted by Crippen LogP contribution is -2.01. The van der Waals surface area contributed by atoms with Gasteiger partial charge in [0.2, 0.25) is 0 Å². The Morgan fingerprint density at radius 3 is 1.38 bits per heavy atom. The van der Waals surface area contributed by atoms with Crippen LogP contribution >= 0.6 is 0 Å². The van der Waals surface area contributed by atoms with E-state index in [0.29, 0.717) is 0 Å². The molecule has 0 radical (unpaired) electrons. The molecule has 0 aliphatic rings. The highest BCUT2D eigenvalue weighted by molar-refractivity contribution is 6.19. The van der Waals surface area contributed by atoms with Gasteiger partial charge in [0, 0.05) is 32.7 Å². The lowest BCUT2D eigenvalue weighted by atomic mass is 9.93. The second-order valence-corrected chi connectivity index (χ2v) is 14.5. The molecule has 0 N–H and O–H groups in total. The van der Waals surface area contributed by atoms with Crippen molar-refractivity contribution in [3.05, 3.63) is 218 Å². The minimum atomic E-state index is 1.16. The lowest BCUT2D eigenvalue weighted by molar-refractivity contribution is 1.17. The van der Waals surface area contributed by atoms with E-state index in [1.165, 1.54) is 94.0 Å². The summed E-state index contributed by atoms with van der Waals surface area (Å²) < 4.78 is 5.01. The van der Waals surface area contributed by atoms with Gasteiger partial charge in [-0.15, -0.1) is 0 Å². The Morgan fingerprint density at radius 2 is 0.679 bits per heavy atom. The number of rotatable bonds is 6. The van der Waals surface area contributed by atoms with Crippen molar-refractivity contribution in [2.75, 3.05) is 0 Å². The predicted molar refractivity (Wildman–Crippen MR) is 237 cm³/mol. The molecule has 9 aromatic carbocycles. The SMILES string of the molecule is c1ccc(-c2cccc(-c3cccc(-c4ccccc4)c3-n3c4ccccc4c4c(-n5c6ccccc6c6c(-c7ccccc7)cccc65)cccc43)c2)cc1. The van der Waals surface area contributed by atoms with Gasteiger partial charge in [0.1, 0.15) is 0 Å². The monoisotopic (exact) mass is 712 g/mol. The first kappa shape index (κ1) is 32.0. The summed E-state index contributed by atoms with van der Waals surface area (Å²) in [5.74, 6) is 0. The van der Waals surface area contributed by atoms with Crippen molar-refractivity contribution >= 4 is 43.6 Å². The van der Waals surface area contributed by atoms with Crippen LogP contribution in [0.4, 0.5) is 0 Å². The molecule has 0 saturated heterocycles. The van der Waals surface area contributed by atoms with Crippen LogP contribution < -0.4 is 0 Å². The Labute approximate surface area is 325 Å². The van der Waals surface area contributed by atoms with E-state index in [1.807, 2.05) is 0 Å². The first-order valence-electron chi connectivity index (χ1n) is 19.3. The summed E-state index contributed by atoms with van der Waals surface area (Å²) in [6, 6.07) is 79.4. The van der Waals surface area contributed by atoms with E-state index < -0.39 is 0 Å². The molecular weight excluding hydrogens is 677 g/mol. The van der Waals surface area contributed by atoms with Crippen LogP contribution in [0, 0.1) is 0 Å². The Kier molecular flexibility index (Phi) is 7.53. The molecule has 11 aromatic rings. The van der Waals surface area contributed by atoms with Gasteiger partial charge in [0.05, 0.1) is 33.4 Å². The van der Waals surface area contributed by atoms with E-state index >= 15 is 0 Å². The van der Waals surface area contributed by atoms with E-state index in [1.54, 1.807) is 0 Å². The maximum Gasteiger partial charge on any atom is 0.0618 e. The standard InChI is InChI=1S/C54H36N2/c1-4-18-37(19-5-1)40-24-14-25-41(36-40)44-30-15-29-43(39-22-8-3-9-23-39)54(44)56-48-32-13-11-27-46(48)53-50(34-17-35-51(53)56)55-47-31-12-10-26-45(47)52-42(28-16-33-49(52)55)38-20-6-2-7-21-38/h1-36H. The molecule has 2 heteroatoms. The van der Waals surface area contributed by atoms with Gasteiger partial charge in [-0.2, -0.15) is 0 Å². The van der Waals surface area contributed by atoms with Crippen LogP contribution in [0.25, 0.3) is 99.5 Å². The number of para-hydroxylation sites is 3. The Bertz CT molecular complexity index is 3220. The van der Waals surface area contributed by atoms with Crippen LogP contribution in [0.3, 0.4) is 0 Å². The number of hydrogen-bond acceptors (Lipinski definition) is 0. The fourth-order valence-electron chi connectivity index (χ4n) is 8.93. The highest BCUT2D eigenvalue weighted by atomic mass is 15.0. The van der Waals surface area contributed by atoms with Crippen molar-refractivity contribution < 1.29 is 0 Å². The van der Waals surface area contributed by atoms with Gasteiger partial charge < -0.3 is 9.13 Å². The molecule has 0 spiro atoms. The molecule has 0 aliphatic heterocycles. The molecule has 0 amide bonds. The molecule has 0 bridgehead atoms. The third kappa shape index (κ3) is 5.04. The van der Waals surface area contributed by atoms with E-state index in [-0.39, 0.29) is 0 Å². The summed E-state index contributed by atoms with van der Waals surface area (Å²) in [4.78, 5) is 0. The van der Waals surface area contributed by atoms with Gasteiger partial charge in [-0.25, -0.2) is 0 Å². The zero-order valence-electron chi connectivity index (χ0n) is 30.7. The Hall–Kier alpha value is -7.42. The van der Waals surface area contributed by atoms with Gasteiger partial charge in [-0.05, 0) is 69.8 Å². The van der Waals surface area contributed by atoms with Gasteiger partial charge in [-0.3, -0.25) is 0 Å². The normalized spacial score (nSPS) is 11.6. The van der Waals surface area contributed by atoms with Gasteiger partial charge in [0.25, 0.3) is 0 Å². The van der Waals surface area contributed by atoms with Crippen LogP contribution in [0.1, 0.15) is 0 Å². The van der Waals surface area contributed by atoms with Crippen LogP contribution in [0.5, 0.6) is 0 Å². The predicted octanol–water partition coefficient (Wildman–Crippen LogP) is 14.5. The highest BCUT2D eigenvalue weighted by Gasteiger charge is 2.23. The first-order chi connectivity index (χ1) is 27.8. The second kappa shape index (κ2) is 13.2. The fourth-order valence-corrected chi connectivity index (χ4v) is 8.93. The summed E-state index contributed by atoms with van der Waals surface area (Å²) in [7, 11) is 0. The largest absolute Gasteiger partial charge is 0.309 e. The summed E-state index contributed by atoms with van der Waals surface area (Å²) in [5, 5.41) is 4.96. The topological polar surface area (TPSA) is 9.86 Å². The summed E-state index contributed by atoms with van der Waals surface area (Å²) in [6.45, 7) is 0. The van der Waals surface area contributed by atoms with Crippen molar-refractivity contribution in [1.29, 1.82) is 0 Å². The average Bonchev–Trinajstić information content (AvgIpc) is 3.80. The second-order valence-electron chi connectivity index (χ2n) is 14.5. The molecule has 2 nitrogen and oxygen atoms in total. The zero-order valence-corrected chi connectivity index (χ0v) is 30.7. The van der Waals surface area contributed by atoms with Crippen LogP contribution in [0.2, 0.25) is 0 Å². The van der Waals surface area contributed by atoms with E-state index in [4.69, 9.17) is 0 Å². The molecule has 0 saturated carbocycles. The van der Waals surface area contributed by atoms with Crippen LogP contribution in [-0.2, 0) is 0 Å². The molecule has 56 heavy (non-hydrogen) atoms. The Balaban J connectivity index is 1.24. The van der Waals surface area contributed by atoms with Crippen molar-refractivity contribution in [3.8, 4) is 55.9 Å². The first-order valence-corrected chi connectivity index (χ1v) is 19.3. The van der Waals surface area contributed by atoms with E-state index in [2.05, 4.69) is 228 Å². The third-order valence-corrected chi connectivity index (χ3v) is 11.3. The molecule has 0 atom stereocenters. The maximum atomic E-state index is 2.52. The molecule has 0 unspecified atom stereocenters. The molecule has 11 rings (SSSR count). The zero-order chi connectivity index (χ0) is 37.0. The number of nitrogens with zero attached hydrogens (tertiary/aromatic N) is 2. The highest BCUT2D eigenvalue weighted by Crippen LogP contribution is 2.45. The molecular formula is C54H36N2. The van der Waals surface area contributed by atoms with Crippen molar-refractivity contribution in [2.24, 2.45) is 0 Å². The minimum absolute atomic E-state index is 1.16. The molecule has 0 aliphatic carbocycles. The lowest BCUT2D eigenvalue weighted by Gasteiger charge is -2.20. The third-order valence-electron chi connectivity index (χ3n) is 11.3. The van der Waals surface area contributed by atoms with Crippen LogP contribution in [-0.4, -0.2) is 9.13 Å². The van der Waals surface area contributed by atoms with Gasteiger partial charge in [-0.1, -0.05) is 182 Å². The maximum absolute atomic E-state index is 2.52. The number of fused-ring (bicyclic) bond motifs is 6. The van der Waals surface area contributed by atoms with Crippen LogP contribution in [0.15, 0.2) is 218 Å². The van der Waals surface area contributed by atoms with Crippen molar-refractivity contribution in [3.63, 3.8) is 0 Å². The van der Waals surface area contributed by atoms with E-state index in [9.17, 15) is 0 Å². The fraction of sp³-hybridized carbons (Fsp3) is 0. The number of aromatic nitrogens is 2. The summed E-state index contributed by atoms with van der Waals surface area (Å²) >= 11 is 0. The molecule has 2 aromatic heterocycles. The summed E-state index contributed by atoms with van der Waals surface area (Å²) in [5.41, 5.74) is 16.7. The Morgan fingerprint density at radius 1 is 0.250 bits per heavy atom. The molecule has 262 valence electrons. The van der Waals surface area contributed by atoms with Crippen molar-refractivity contribution in [1.82, 2.24) is 9.13 Å². The van der Waals surface area contributed by atoms with E-state index in [0.717, 1.165) is 5.52 Å². The van der Waals surface area contributed by atoms with Crippen molar-refractivity contribution in [2.45, 2.75) is 0 Å². The minimum Gasteiger partial charge on any atom is -0.309 e. The smallest absolute Gasteiger partial charge is 0.0618 e. The average molecular weight is 713 g/mol. The van der Waals surface area contributed by atoms with Gasteiger partial charge >= 0.3 is 0 Å². The number of benzene rings is 9. The molecule has 0 fully saturated rings. The molecule has 2 heterocycles. The van der Waals surface area contributed by atoms with Gasteiger partial charge in [0.15, 0.2) is 0 Å².